The van der Waals surface area contributed by atoms with Crippen molar-refractivity contribution >= 4 is 0 Å². The molecule has 12 heavy (non-hydrogen) atoms. The Morgan fingerprint density at radius 2 is 1.50 bits per heavy atom. The predicted octanol–water partition coefficient (Wildman–Crippen LogP) is 3.61. The lowest BCUT2D eigenvalue weighted by atomic mass is 10.1. The minimum atomic E-state index is -0.513. The van der Waals surface area contributed by atoms with E-state index in [9.17, 15) is 8.78 Å². The van der Waals surface area contributed by atoms with Crippen molar-refractivity contribution < 1.29 is 8.78 Å². The first-order chi connectivity index (χ1) is 5.61. The van der Waals surface area contributed by atoms with Crippen molar-refractivity contribution in [2.24, 2.45) is 0 Å². The van der Waals surface area contributed by atoms with E-state index < -0.39 is 11.6 Å². The molecule has 0 aliphatic rings. The maximum atomic E-state index is 12.6. The van der Waals surface area contributed by atoms with Crippen molar-refractivity contribution in [3.05, 3.63) is 34.9 Å². The second-order valence-electron chi connectivity index (χ2n) is 2.33. The van der Waals surface area contributed by atoms with Crippen LogP contribution in [0.25, 0.3) is 0 Å². The summed E-state index contributed by atoms with van der Waals surface area (Å²) in [5.41, 5.74) is 1.17. The van der Waals surface area contributed by atoms with Crippen molar-refractivity contribution in [1.82, 2.24) is 0 Å². The molecule has 2 heteroatoms. The first-order valence-corrected chi connectivity index (χ1v) is 4.03. The third kappa shape index (κ3) is 2.61. The van der Waals surface area contributed by atoms with Crippen LogP contribution in [0.2, 0.25) is 0 Å². The smallest absolute Gasteiger partial charge is 0.129 e. The van der Waals surface area contributed by atoms with Gasteiger partial charge in [-0.15, -0.1) is 0 Å². The van der Waals surface area contributed by atoms with Gasteiger partial charge in [-0.2, -0.15) is 0 Å². The van der Waals surface area contributed by atoms with Gasteiger partial charge in [0.25, 0.3) is 0 Å². The van der Waals surface area contributed by atoms with Crippen LogP contribution in [0.15, 0.2) is 12.1 Å². The molecule has 0 atom stereocenters. The van der Waals surface area contributed by atoms with Crippen molar-refractivity contribution in [2.75, 3.05) is 0 Å². The van der Waals surface area contributed by atoms with Crippen molar-refractivity contribution in [1.29, 1.82) is 0 Å². The topological polar surface area (TPSA) is 0 Å². The zero-order valence-electron chi connectivity index (χ0n) is 7.91. The Hall–Kier alpha value is -0.920. The van der Waals surface area contributed by atoms with Crippen LogP contribution in [0, 0.1) is 25.5 Å². The summed E-state index contributed by atoms with van der Waals surface area (Å²) < 4.78 is 25.0. The Morgan fingerprint density at radius 1 is 1.00 bits per heavy atom. The molecule has 0 unspecified atom stereocenters. The SMILES string of the molecule is CC.Cc1cc(F)cc(F)c1C. The van der Waals surface area contributed by atoms with Crippen LogP contribution in [0.5, 0.6) is 0 Å². The first-order valence-electron chi connectivity index (χ1n) is 4.03. The molecular formula is C10H14F2. The van der Waals surface area contributed by atoms with Gasteiger partial charge in [-0.05, 0) is 31.0 Å². The highest BCUT2D eigenvalue weighted by atomic mass is 19.1. The fourth-order valence-electron chi connectivity index (χ4n) is 0.774. The first kappa shape index (κ1) is 11.1. The number of hydrogen-bond donors (Lipinski definition) is 0. The van der Waals surface area contributed by atoms with Gasteiger partial charge in [0.2, 0.25) is 0 Å². The molecule has 1 aromatic carbocycles. The lowest BCUT2D eigenvalue weighted by Crippen LogP contribution is -1.88. The zero-order chi connectivity index (χ0) is 9.72. The Morgan fingerprint density at radius 3 is 1.92 bits per heavy atom. The largest absolute Gasteiger partial charge is 0.207 e. The minimum Gasteiger partial charge on any atom is -0.207 e. The normalized spacial score (nSPS) is 8.83. The van der Waals surface area contributed by atoms with E-state index in [-0.39, 0.29) is 0 Å². The highest BCUT2D eigenvalue weighted by Gasteiger charge is 2.01. The van der Waals surface area contributed by atoms with Crippen LogP contribution in [-0.4, -0.2) is 0 Å². The third-order valence-corrected chi connectivity index (χ3v) is 1.57. The summed E-state index contributed by atoms with van der Waals surface area (Å²) in [6.45, 7) is 7.31. The molecule has 0 aliphatic heterocycles. The molecule has 0 saturated carbocycles. The summed E-state index contributed by atoms with van der Waals surface area (Å²) in [5, 5.41) is 0. The monoisotopic (exact) mass is 172 g/mol. The average Bonchev–Trinajstić information content (AvgIpc) is 2.04. The number of aryl methyl sites for hydroxylation is 1. The van der Waals surface area contributed by atoms with Gasteiger partial charge in [0.15, 0.2) is 0 Å². The molecule has 0 N–H and O–H groups in total. The molecule has 0 radical (unpaired) electrons. The predicted molar refractivity (Wildman–Crippen MR) is 47.2 cm³/mol. The number of halogens is 2. The molecule has 0 spiro atoms. The molecule has 0 aliphatic carbocycles. The second-order valence-corrected chi connectivity index (χ2v) is 2.33. The minimum absolute atomic E-state index is 0.475. The van der Waals surface area contributed by atoms with E-state index in [1.54, 1.807) is 13.8 Å². The van der Waals surface area contributed by atoms with E-state index in [1.807, 2.05) is 13.8 Å². The van der Waals surface area contributed by atoms with Gasteiger partial charge in [0.1, 0.15) is 11.6 Å². The maximum absolute atomic E-state index is 12.6. The van der Waals surface area contributed by atoms with Crippen LogP contribution in [0.4, 0.5) is 8.78 Å². The molecule has 1 aromatic rings. The molecule has 0 fully saturated rings. The fraction of sp³-hybridized carbons (Fsp3) is 0.400. The zero-order valence-corrected chi connectivity index (χ0v) is 7.91. The van der Waals surface area contributed by atoms with Crippen molar-refractivity contribution in [2.45, 2.75) is 27.7 Å². The summed E-state index contributed by atoms with van der Waals surface area (Å²) >= 11 is 0. The lowest BCUT2D eigenvalue weighted by molar-refractivity contribution is 0.575. The lowest BCUT2D eigenvalue weighted by Gasteiger charge is -1.99. The summed E-state index contributed by atoms with van der Waals surface area (Å²) in [6.07, 6.45) is 0. The molecule has 0 heterocycles. The van der Waals surface area contributed by atoms with Crippen LogP contribution < -0.4 is 0 Å². The van der Waals surface area contributed by atoms with Gasteiger partial charge in [0, 0.05) is 6.07 Å². The highest BCUT2D eigenvalue weighted by Crippen LogP contribution is 2.12. The average molecular weight is 172 g/mol. The Kier molecular flexibility index (Phi) is 4.49. The molecule has 0 bridgehead atoms. The Bertz CT molecular complexity index is 231. The highest BCUT2D eigenvalue weighted by molar-refractivity contribution is 5.26. The summed E-state index contributed by atoms with van der Waals surface area (Å²) in [5.74, 6) is -0.988. The number of hydrogen-bond acceptors (Lipinski definition) is 0. The van der Waals surface area contributed by atoms with E-state index in [2.05, 4.69) is 0 Å². The summed E-state index contributed by atoms with van der Waals surface area (Å²) in [4.78, 5) is 0. The van der Waals surface area contributed by atoms with Crippen LogP contribution in [0.1, 0.15) is 25.0 Å². The number of benzene rings is 1. The van der Waals surface area contributed by atoms with Gasteiger partial charge in [-0.1, -0.05) is 13.8 Å². The summed E-state index contributed by atoms with van der Waals surface area (Å²) in [6, 6.07) is 2.21. The van der Waals surface area contributed by atoms with Gasteiger partial charge in [-0.25, -0.2) is 8.78 Å². The van der Waals surface area contributed by atoms with Gasteiger partial charge < -0.3 is 0 Å². The molecule has 0 aromatic heterocycles. The fourth-order valence-corrected chi connectivity index (χ4v) is 0.774. The van der Waals surface area contributed by atoms with Gasteiger partial charge in [0.05, 0.1) is 0 Å². The van der Waals surface area contributed by atoms with E-state index in [1.165, 1.54) is 6.07 Å². The molecular weight excluding hydrogens is 158 g/mol. The number of rotatable bonds is 0. The Balaban J connectivity index is 0.000000561. The maximum Gasteiger partial charge on any atom is 0.129 e. The third-order valence-electron chi connectivity index (χ3n) is 1.57. The molecule has 68 valence electrons. The van der Waals surface area contributed by atoms with Crippen molar-refractivity contribution in [3.63, 3.8) is 0 Å². The van der Waals surface area contributed by atoms with Gasteiger partial charge in [-0.3, -0.25) is 0 Å². The molecule has 0 nitrogen and oxygen atoms in total. The Labute approximate surface area is 72.2 Å². The van der Waals surface area contributed by atoms with Crippen LogP contribution in [0.3, 0.4) is 0 Å². The van der Waals surface area contributed by atoms with E-state index in [0.717, 1.165) is 6.07 Å². The van der Waals surface area contributed by atoms with E-state index >= 15 is 0 Å². The quantitative estimate of drug-likeness (QED) is 0.560. The van der Waals surface area contributed by atoms with Gasteiger partial charge >= 0.3 is 0 Å². The molecule has 0 saturated heterocycles. The van der Waals surface area contributed by atoms with E-state index in [4.69, 9.17) is 0 Å². The van der Waals surface area contributed by atoms with Crippen LogP contribution >= 0.6 is 0 Å². The van der Waals surface area contributed by atoms with E-state index in [0.29, 0.717) is 11.1 Å². The van der Waals surface area contributed by atoms with Crippen molar-refractivity contribution in [3.8, 4) is 0 Å². The summed E-state index contributed by atoms with van der Waals surface area (Å²) in [7, 11) is 0. The second kappa shape index (κ2) is 4.86. The molecule has 0 amide bonds. The standard InChI is InChI=1S/C8H8F2.C2H6/c1-5-3-7(9)4-8(10)6(5)2;1-2/h3-4H,1-2H3;1-2H3. The van der Waals surface area contributed by atoms with Crippen LogP contribution in [-0.2, 0) is 0 Å². The molecule has 1 rings (SSSR count).